The number of carbonyl (C=O) groups excluding carboxylic acids is 1. The van der Waals surface area contributed by atoms with Crippen LogP contribution < -0.4 is 5.32 Å². The normalized spacial score (nSPS) is 25.9. The van der Waals surface area contributed by atoms with Crippen molar-refractivity contribution >= 4 is 6.09 Å². The third-order valence-corrected chi connectivity index (χ3v) is 2.70. The molecule has 4 heteroatoms. The van der Waals surface area contributed by atoms with E-state index in [0.29, 0.717) is 6.04 Å². The van der Waals surface area contributed by atoms with E-state index in [1.807, 2.05) is 25.7 Å². The summed E-state index contributed by atoms with van der Waals surface area (Å²) in [4.78, 5) is 13.7. The van der Waals surface area contributed by atoms with Crippen molar-refractivity contribution < 1.29 is 9.53 Å². The Morgan fingerprint density at radius 2 is 2.12 bits per heavy atom. The first-order chi connectivity index (χ1) is 7.33. The highest BCUT2D eigenvalue weighted by atomic mass is 16.6. The van der Waals surface area contributed by atoms with Gasteiger partial charge in [0.1, 0.15) is 5.60 Å². The van der Waals surface area contributed by atoms with Gasteiger partial charge in [-0.3, -0.25) is 0 Å². The Kier molecular flexibility index (Phi) is 4.19. The number of hydrogen-bond donors (Lipinski definition) is 1. The van der Waals surface area contributed by atoms with Crippen molar-refractivity contribution in [2.45, 2.75) is 58.7 Å². The second kappa shape index (κ2) is 5.04. The molecule has 1 aliphatic rings. The lowest BCUT2D eigenvalue weighted by Gasteiger charge is -2.26. The molecule has 1 heterocycles. The lowest BCUT2D eigenvalue weighted by Crippen LogP contribution is -2.40. The molecule has 0 saturated carbocycles. The van der Waals surface area contributed by atoms with Gasteiger partial charge in [0, 0.05) is 18.6 Å². The zero-order valence-corrected chi connectivity index (χ0v) is 11.0. The van der Waals surface area contributed by atoms with Crippen LogP contribution in [0.4, 0.5) is 4.79 Å². The molecule has 1 saturated heterocycles. The molecular formula is C12H24N2O2. The average Bonchev–Trinajstić information content (AvgIpc) is 2.44. The van der Waals surface area contributed by atoms with Crippen LogP contribution in [0.1, 0.15) is 41.0 Å². The summed E-state index contributed by atoms with van der Waals surface area (Å²) in [5.41, 5.74) is -0.410. The Hall–Kier alpha value is -0.770. The van der Waals surface area contributed by atoms with Crippen molar-refractivity contribution in [3.05, 3.63) is 0 Å². The van der Waals surface area contributed by atoms with Crippen molar-refractivity contribution in [1.82, 2.24) is 10.2 Å². The Morgan fingerprint density at radius 3 is 2.62 bits per heavy atom. The number of hydrogen-bond acceptors (Lipinski definition) is 3. The van der Waals surface area contributed by atoms with Crippen LogP contribution in [-0.2, 0) is 4.74 Å². The quantitative estimate of drug-likeness (QED) is 0.786. The Labute approximate surface area is 98.3 Å². The van der Waals surface area contributed by atoms with Crippen LogP contribution in [-0.4, -0.2) is 41.8 Å². The van der Waals surface area contributed by atoms with Gasteiger partial charge in [-0.1, -0.05) is 6.92 Å². The van der Waals surface area contributed by atoms with E-state index in [4.69, 9.17) is 4.74 Å². The van der Waals surface area contributed by atoms with Crippen molar-refractivity contribution in [2.75, 3.05) is 13.1 Å². The molecule has 1 fully saturated rings. The van der Waals surface area contributed by atoms with E-state index in [0.717, 1.165) is 19.5 Å². The number of likely N-dealkylation sites (tertiary alicyclic amines) is 1. The molecule has 0 spiro atoms. The molecule has 94 valence electrons. The molecule has 1 aliphatic heterocycles. The maximum absolute atomic E-state index is 11.9. The summed E-state index contributed by atoms with van der Waals surface area (Å²) in [5.74, 6) is 0. The van der Waals surface area contributed by atoms with Crippen molar-refractivity contribution in [3.8, 4) is 0 Å². The van der Waals surface area contributed by atoms with Crippen LogP contribution in [0, 0.1) is 0 Å². The van der Waals surface area contributed by atoms with Crippen molar-refractivity contribution in [1.29, 1.82) is 0 Å². The van der Waals surface area contributed by atoms with Crippen LogP contribution in [0.15, 0.2) is 0 Å². The van der Waals surface area contributed by atoms with Crippen LogP contribution in [0.3, 0.4) is 0 Å². The highest BCUT2D eigenvalue weighted by molar-refractivity contribution is 5.69. The number of rotatable bonds is 2. The lowest BCUT2D eigenvalue weighted by atomic mass is 10.2. The molecule has 1 N–H and O–H groups in total. The van der Waals surface area contributed by atoms with Gasteiger partial charge < -0.3 is 15.0 Å². The lowest BCUT2D eigenvalue weighted by molar-refractivity contribution is 0.0236. The van der Waals surface area contributed by atoms with Crippen LogP contribution in [0.25, 0.3) is 0 Å². The third kappa shape index (κ3) is 3.67. The van der Waals surface area contributed by atoms with E-state index >= 15 is 0 Å². The topological polar surface area (TPSA) is 41.6 Å². The summed E-state index contributed by atoms with van der Waals surface area (Å²) in [6, 6.07) is 0.673. The van der Waals surface area contributed by atoms with Crippen molar-refractivity contribution in [2.24, 2.45) is 0 Å². The summed E-state index contributed by atoms with van der Waals surface area (Å²) in [7, 11) is 0. The second-order valence-electron chi connectivity index (χ2n) is 5.47. The summed E-state index contributed by atoms with van der Waals surface area (Å²) >= 11 is 0. The van der Waals surface area contributed by atoms with Gasteiger partial charge in [0.2, 0.25) is 0 Å². The molecule has 0 aromatic heterocycles. The first-order valence-electron chi connectivity index (χ1n) is 6.06. The largest absolute Gasteiger partial charge is 0.444 e. The van der Waals surface area contributed by atoms with Gasteiger partial charge in [-0.2, -0.15) is 0 Å². The minimum Gasteiger partial charge on any atom is -0.444 e. The molecule has 0 unspecified atom stereocenters. The molecule has 2 atom stereocenters. The molecule has 0 aromatic rings. The van der Waals surface area contributed by atoms with Crippen LogP contribution in [0.5, 0.6) is 0 Å². The molecule has 1 amide bonds. The fourth-order valence-corrected chi connectivity index (χ4v) is 2.04. The maximum atomic E-state index is 11.9. The van der Waals surface area contributed by atoms with Crippen LogP contribution in [0.2, 0.25) is 0 Å². The zero-order chi connectivity index (χ0) is 12.3. The third-order valence-electron chi connectivity index (χ3n) is 2.70. The standard InChI is InChI=1S/C12H24N2O2/c1-6-13-10-7-9(2)14(8-10)11(15)16-12(3,4)5/h9-10,13H,6-8H2,1-5H3/t9-,10-/m0/s1. The molecule has 0 radical (unpaired) electrons. The van der Waals surface area contributed by atoms with E-state index in [-0.39, 0.29) is 12.1 Å². The Bertz CT molecular complexity index is 248. The summed E-state index contributed by atoms with van der Waals surface area (Å²) < 4.78 is 5.38. The predicted octanol–water partition coefficient (Wildman–Crippen LogP) is 1.99. The van der Waals surface area contributed by atoms with Gasteiger partial charge >= 0.3 is 6.09 Å². The predicted molar refractivity (Wildman–Crippen MR) is 64.5 cm³/mol. The van der Waals surface area contributed by atoms with Crippen molar-refractivity contribution in [3.63, 3.8) is 0 Å². The average molecular weight is 228 g/mol. The van der Waals surface area contributed by atoms with E-state index in [1.165, 1.54) is 0 Å². The fraction of sp³-hybridized carbons (Fsp3) is 0.917. The zero-order valence-electron chi connectivity index (χ0n) is 11.0. The molecule has 0 bridgehead atoms. The molecule has 16 heavy (non-hydrogen) atoms. The highest BCUT2D eigenvalue weighted by Crippen LogP contribution is 2.20. The fourth-order valence-electron chi connectivity index (χ4n) is 2.04. The number of likely N-dealkylation sites (N-methyl/N-ethyl adjacent to an activating group) is 1. The minimum absolute atomic E-state index is 0.194. The number of nitrogens with zero attached hydrogens (tertiary/aromatic N) is 1. The van der Waals surface area contributed by atoms with E-state index in [9.17, 15) is 4.79 Å². The van der Waals surface area contributed by atoms with Gasteiger partial charge in [0.25, 0.3) is 0 Å². The SMILES string of the molecule is CCN[C@H]1C[C@H](C)N(C(=O)OC(C)(C)C)C1. The first-order valence-corrected chi connectivity index (χ1v) is 6.06. The number of nitrogens with one attached hydrogen (secondary N) is 1. The van der Waals surface area contributed by atoms with Gasteiger partial charge in [-0.25, -0.2) is 4.79 Å². The van der Waals surface area contributed by atoms with E-state index in [2.05, 4.69) is 19.2 Å². The Balaban J connectivity index is 2.51. The summed E-state index contributed by atoms with van der Waals surface area (Å²) in [5, 5.41) is 3.37. The van der Waals surface area contributed by atoms with Gasteiger partial charge in [-0.05, 0) is 40.7 Å². The molecule has 4 nitrogen and oxygen atoms in total. The van der Waals surface area contributed by atoms with Gasteiger partial charge in [-0.15, -0.1) is 0 Å². The second-order valence-corrected chi connectivity index (χ2v) is 5.47. The monoisotopic (exact) mass is 228 g/mol. The maximum Gasteiger partial charge on any atom is 0.410 e. The first kappa shape index (κ1) is 13.3. The van der Waals surface area contributed by atoms with Gasteiger partial charge in [0.05, 0.1) is 0 Å². The highest BCUT2D eigenvalue weighted by Gasteiger charge is 2.34. The van der Waals surface area contributed by atoms with Crippen LogP contribution >= 0.6 is 0 Å². The van der Waals surface area contributed by atoms with E-state index in [1.54, 1.807) is 0 Å². The molecule has 0 aliphatic carbocycles. The molecular weight excluding hydrogens is 204 g/mol. The molecule has 1 rings (SSSR count). The molecule has 0 aromatic carbocycles. The summed E-state index contributed by atoms with van der Waals surface area (Å²) in [6.07, 6.45) is 0.813. The Morgan fingerprint density at radius 1 is 1.50 bits per heavy atom. The van der Waals surface area contributed by atoms with Gasteiger partial charge in [0.15, 0.2) is 0 Å². The van der Waals surface area contributed by atoms with E-state index < -0.39 is 5.60 Å². The smallest absolute Gasteiger partial charge is 0.410 e. The minimum atomic E-state index is -0.410. The number of ether oxygens (including phenoxy) is 1. The summed E-state index contributed by atoms with van der Waals surface area (Å²) in [6.45, 7) is 11.5. The number of carbonyl (C=O) groups is 1. The number of amides is 1.